The highest BCUT2D eigenvalue weighted by molar-refractivity contribution is 5.41. The van der Waals surface area contributed by atoms with Crippen molar-refractivity contribution in [2.24, 2.45) is 5.11 Å². The molecule has 0 aliphatic rings. The summed E-state index contributed by atoms with van der Waals surface area (Å²) in [6.45, 7) is 6.03. The number of benzene rings is 2. The molecule has 0 bridgehead atoms. The van der Waals surface area contributed by atoms with Gasteiger partial charge in [-0.05, 0) is 49.2 Å². The van der Waals surface area contributed by atoms with Crippen molar-refractivity contribution in [1.82, 2.24) is 0 Å². The van der Waals surface area contributed by atoms with E-state index >= 15 is 0 Å². The Morgan fingerprint density at radius 3 is 0.943 bits per heavy atom. The number of hydrogen-bond acceptors (Lipinski definition) is 4. The first-order valence-electron chi connectivity index (χ1n) is 22.9. The molecule has 0 aromatic heterocycles. The molecule has 0 saturated carbocycles. The third-order valence-corrected chi connectivity index (χ3v) is 10.6. The third kappa shape index (κ3) is 27.6. The van der Waals surface area contributed by atoms with Crippen LogP contribution in [0.25, 0.3) is 0 Å². The van der Waals surface area contributed by atoms with Gasteiger partial charge in [0.25, 0.3) is 0 Å². The Morgan fingerprint density at radius 1 is 0.377 bits per heavy atom. The first-order valence-corrected chi connectivity index (χ1v) is 22.9. The summed E-state index contributed by atoms with van der Waals surface area (Å²) in [6, 6.07) is 14.7. The van der Waals surface area contributed by atoms with E-state index in [1.807, 2.05) is 36.4 Å². The van der Waals surface area contributed by atoms with E-state index in [0.717, 1.165) is 37.6 Å². The van der Waals surface area contributed by atoms with E-state index in [1.165, 1.54) is 193 Å². The summed E-state index contributed by atoms with van der Waals surface area (Å²) in [5.41, 5.74) is 1.10. The molecule has 0 spiro atoms. The lowest BCUT2D eigenvalue weighted by Gasteiger charge is -2.07. The molecule has 2 rings (SSSR count). The van der Waals surface area contributed by atoms with E-state index in [1.54, 1.807) is 12.1 Å². The van der Waals surface area contributed by atoms with Crippen LogP contribution in [0.2, 0.25) is 0 Å². The van der Waals surface area contributed by atoms with E-state index in [-0.39, 0.29) is 0 Å². The van der Waals surface area contributed by atoms with E-state index in [9.17, 15) is 5.21 Å². The zero-order chi connectivity index (χ0) is 37.7. The zero-order valence-electron chi connectivity index (χ0n) is 34.8. The minimum absolute atomic E-state index is 0.489. The molecule has 2 aromatic carbocycles. The van der Waals surface area contributed by atoms with Crippen LogP contribution in [-0.2, 0) is 0 Å². The predicted octanol–water partition coefficient (Wildman–Crippen LogP) is 16.9. The molecular formula is C48H82N2O3. The lowest BCUT2D eigenvalue weighted by atomic mass is 10.0. The summed E-state index contributed by atoms with van der Waals surface area (Å²) in [4.78, 5) is 0.672. The molecule has 5 nitrogen and oxygen atoms in total. The molecule has 0 unspecified atom stereocenters. The van der Waals surface area contributed by atoms with Crippen LogP contribution < -0.4 is 9.47 Å². The SMILES string of the molecule is CCCCCCCCCCCCCCCCCCOc1ccc(N=[N+]([O-])c2ccc(OCCCCCCCCCCCCCCCCCC)cc2)cc1. The Morgan fingerprint density at radius 2 is 0.642 bits per heavy atom. The van der Waals surface area contributed by atoms with Crippen molar-refractivity contribution >= 4 is 11.4 Å². The second-order valence-electron chi connectivity index (χ2n) is 15.7. The van der Waals surface area contributed by atoms with Crippen LogP contribution in [0.1, 0.15) is 219 Å². The van der Waals surface area contributed by atoms with Gasteiger partial charge < -0.3 is 14.7 Å². The van der Waals surface area contributed by atoms with E-state index in [0.29, 0.717) is 16.2 Å². The maximum atomic E-state index is 12.7. The van der Waals surface area contributed by atoms with Crippen LogP contribution in [-0.4, -0.2) is 18.1 Å². The van der Waals surface area contributed by atoms with Crippen molar-refractivity contribution < 1.29 is 14.3 Å². The molecule has 0 amide bonds. The molecule has 0 saturated heterocycles. The Bertz CT molecular complexity index is 1080. The number of azo groups is 1. The molecule has 53 heavy (non-hydrogen) atoms. The Balaban J connectivity index is 1.42. The molecule has 0 aliphatic carbocycles. The van der Waals surface area contributed by atoms with Crippen LogP contribution in [0.4, 0.5) is 11.4 Å². The van der Waals surface area contributed by atoms with Crippen LogP contribution >= 0.6 is 0 Å². The van der Waals surface area contributed by atoms with Crippen LogP contribution in [0, 0.1) is 5.21 Å². The smallest absolute Gasteiger partial charge is 0.245 e. The van der Waals surface area contributed by atoms with Crippen molar-refractivity contribution in [3.8, 4) is 11.5 Å². The monoisotopic (exact) mass is 735 g/mol. The predicted molar refractivity (Wildman–Crippen MR) is 228 cm³/mol. The fourth-order valence-electron chi connectivity index (χ4n) is 7.12. The summed E-state index contributed by atoms with van der Waals surface area (Å²) >= 11 is 0. The van der Waals surface area contributed by atoms with E-state index < -0.39 is 0 Å². The minimum atomic E-state index is 0.489. The molecule has 0 fully saturated rings. The number of hydrogen-bond donors (Lipinski definition) is 0. The largest absolute Gasteiger partial charge is 0.594 e. The Labute approximate surface area is 327 Å². The minimum Gasteiger partial charge on any atom is -0.594 e. The van der Waals surface area contributed by atoms with Crippen LogP contribution in [0.3, 0.4) is 0 Å². The lowest BCUT2D eigenvalue weighted by molar-refractivity contribution is -0.435. The maximum Gasteiger partial charge on any atom is 0.245 e. The van der Waals surface area contributed by atoms with Gasteiger partial charge in [-0.25, -0.2) is 0 Å². The van der Waals surface area contributed by atoms with Gasteiger partial charge in [0.05, 0.1) is 13.2 Å². The highest BCUT2D eigenvalue weighted by Gasteiger charge is 2.06. The average Bonchev–Trinajstić information content (AvgIpc) is 3.18. The number of unbranched alkanes of at least 4 members (excludes halogenated alkanes) is 30. The van der Waals surface area contributed by atoms with Gasteiger partial charge in [-0.1, -0.05) is 211 Å². The summed E-state index contributed by atoms with van der Waals surface area (Å²) in [6.07, 6.45) is 43.8. The van der Waals surface area contributed by atoms with Gasteiger partial charge in [0, 0.05) is 17.2 Å². The first-order chi connectivity index (χ1) is 26.2. The van der Waals surface area contributed by atoms with Crippen molar-refractivity contribution in [3.05, 3.63) is 53.7 Å². The summed E-state index contributed by atoms with van der Waals surface area (Å²) in [5.74, 6) is 1.63. The second-order valence-corrected chi connectivity index (χ2v) is 15.7. The van der Waals surface area contributed by atoms with Crippen LogP contribution in [0.15, 0.2) is 53.6 Å². The van der Waals surface area contributed by atoms with Gasteiger partial charge in [-0.2, -0.15) is 0 Å². The summed E-state index contributed by atoms with van der Waals surface area (Å²) in [5, 5.41) is 16.9. The van der Waals surface area contributed by atoms with Crippen molar-refractivity contribution in [2.45, 2.75) is 219 Å². The van der Waals surface area contributed by atoms with Gasteiger partial charge in [0.2, 0.25) is 5.69 Å². The van der Waals surface area contributed by atoms with Crippen molar-refractivity contribution in [2.75, 3.05) is 13.2 Å². The molecular weight excluding hydrogens is 653 g/mol. The highest BCUT2D eigenvalue weighted by Crippen LogP contribution is 2.23. The van der Waals surface area contributed by atoms with Gasteiger partial charge >= 0.3 is 0 Å². The molecule has 5 heteroatoms. The van der Waals surface area contributed by atoms with E-state index in [2.05, 4.69) is 19.0 Å². The van der Waals surface area contributed by atoms with Crippen molar-refractivity contribution in [3.63, 3.8) is 0 Å². The quantitative estimate of drug-likeness (QED) is 0.0299. The van der Waals surface area contributed by atoms with Gasteiger partial charge in [0.1, 0.15) is 17.2 Å². The van der Waals surface area contributed by atoms with Gasteiger partial charge in [-0.15, -0.1) is 0 Å². The zero-order valence-corrected chi connectivity index (χ0v) is 34.8. The number of nitrogens with zero attached hydrogens (tertiary/aromatic N) is 2. The summed E-state index contributed by atoms with van der Waals surface area (Å²) < 4.78 is 11.9. The summed E-state index contributed by atoms with van der Waals surface area (Å²) in [7, 11) is 0. The average molecular weight is 735 g/mol. The normalized spacial score (nSPS) is 11.7. The highest BCUT2D eigenvalue weighted by atomic mass is 16.5. The topological polar surface area (TPSA) is 56.9 Å². The first kappa shape index (κ1) is 46.6. The maximum absolute atomic E-state index is 12.7. The molecule has 0 heterocycles. The lowest BCUT2D eigenvalue weighted by Crippen LogP contribution is -1.98. The fourth-order valence-corrected chi connectivity index (χ4v) is 7.12. The second kappa shape index (κ2) is 35.2. The van der Waals surface area contributed by atoms with Crippen LogP contribution in [0.5, 0.6) is 11.5 Å². The van der Waals surface area contributed by atoms with Crippen molar-refractivity contribution in [1.29, 1.82) is 0 Å². The third-order valence-electron chi connectivity index (χ3n) is 10.6. The molecule has 0 radical (unpaired) electrons. The fraction of sp³-hybridized carbons (Fsp3) is 0.750. The molecule has 0 N–H and O–H groups in total. The van der Waals surface area contributed by atoms with E-state index in [4.69, 9.17) is 9.47 Å². The molecule has 302 valence electrons. The Kier molecular flexibility index (Phi) is 30.9. The Hall–Kier alpha value is -2.56. The van der Waals surface area contributed by atoms with Gasteiger partial charge in [0.15, 0.2) is 0 Å². The standard InChI is InChI=1S/C48H82N2O3/c1-3-5-7-9-11-13-15-17-19-21-23-25-27-29-31-33-43-52-47-39-35-45(36-40-47)49-50(51)46-37-41-48(42-38-46)53-44-34-32-30-28-26-24-22-20-18-16-14-12-10-8-6-4-2/h35-42H,3-34,43-44H2,1-2H3. The number of ether oxygens (including phenoxy) is 2. The molecule has 2 aromatic rings. The van der Waals surface area contributed by atoms with Gasteiger partial charge in [-0.3, -0.25) is 0 Å². The number of rotatable bonds is 38. The molecule has 0 atom stereocenters. The molecule has 0 aliphatic heterocycles.